The van der Waals surface area contributed by atoms with Crippen LogP contribution in [-0.2, 0) is 11.3 Å². The van der Waals surface area contributed by atoms with Crippen molar-refractivity contribution in [1.82, 2.24) is 10.6 Å². The van der Waals surface area contributed by atoms with E-state index in [1.54, 1.807) is 7.11 Å². The van der Waals surface area contributed by atoms with E-state index in [1.807, 2.05) is 7.05 Å². The van der Waals surface area contributed by atoms with Gasteiger partial charge in [0.1, 0.15) is 5.75 Å². The summed E-state index contributed by atoms with van der Waals surface area (Å²) < 4.78 is 5.71. The van der Waals surface area contributed by atoms with Crippen LogP contribution in [0.1, 0.15) is 64.4 Å². The van der Waals surface area contributed by atoms with Crippen LogP contribution in [0.3, 0.4) is 0 Å². The van der Waals surface area contributed by atoms with E-state index in [-0.39, 0.29) is 5.91 Å². The quantitative estimate of drug-likeness (QED) is 0.385. The lowest BCUT2D eigenvalue weighted by molar-refractivity contribution is -0.121. The van der Waals surface area contributed by atoms with Gasteiger partial charge in [0.2, 0.25) is 5.91 Å². The average molecular weight is 416 g/mol. The normalized spacial score (nSPS) is 17.0. The van der Waals surface area contributed by atoms with Gasteiger partial charge >= 0.3 is 0 Å². The van der Waals surface area contributed by atoms with Crippen LogP contribution >= 0.6 is 0 Å². The topological polar surface area (TPSA) is 53.6 Å². The molecular formula is C25H41N3O2. The number of likely N-dealkylation sites (N-methyl/N-ethyl adjacent to an activating group) is 1. The maximum Gasteiger partial charge on any atom is 0.220 e. The number of rotatable bonds is 12. The van der Waals surface area contributed by atoms with Gasteiger partial charge in [0.25, 0.3) is 0 Å². The lowest BCUT2D eigenvalue weighted by Crippen LogP contribution is -2.45. The fourth-order valence-electron chi connectivity index (χ4n) is 4.04. The van der Waals surface area contributed by atoms with E-state index < -0.39 is 0 Å². The standard InChI is InChI=1S/C25H41N3O2/c1-20(2)11-7-5-6-8-13-25(29)27-18-21-14-15-23(24(17-21)30-4)28-16-10-9-12-22(28)19-26-3/h7,11,14-15,17,20,22,26H,5-6,8-10,12-13,16,18-19H2,1-4H3,(H,27,29)/b11-7+. The third-order valence-corrected chi connectivity index (χ3v) is 5.66. The second kappa shape index (κ2) is 13.3. The number of allylic oxidation sites excluding steroid dienone is 2. The molecule has 0 radical (unpaired) electrons. The zero-order valence-electron chi connectivity index (χ0n) is 19.4. The van der Waals surface area contributed by atoms with Crippen LogP contribution in [0.4, 0.5) is 5.69 Å². The van der Waals surface area contributed by atoms with E-state index in [2.05, 4.69) is 59.7 Å². The number of benzene rings is 1. The molecule has 0 saturated carbocycles. The zero-order chi connectivity index (χ0) is 21.8. The molecule has 1 amide bonds. The molecule has 0 aromatic heterocycles. The smallest absolute Gasteiger partial charge is 0.220 e. The number of amides is 1. The van der Waals surface area contributed by atoms with Crippen molar-refractivity contribution in [3.8, 4) is 5.75 Å². The van der Waals surface area contributed by atoms with Crippen LogP contribution in [0, 0.1) is 5.92 Å². The van der Waals surface area contributed by atoms with E-state index in [1.165, 1.54) is 19.3 Å². The van der Waals surface area contributed by atoms with Crippen LogP contribution in [0.2, 0.25) is 0 Å². The molecule has 1 heterocycles. The highest BCUT2D eigenvalue weighted by molar-refractivity contribution is 5.75. The number of methoxy groups -OCH3 is 1. The molecule has 1 aliphatic rings. The summed E-state index contributed by atoms with van der Waals surface area (Å²) in [6.45, 7) is 6.94. The summed E-state index contributed by atoms with van der Waals surface area (Å²) in [5.41, 5.74) is 2.23. The first-order valence-corrected chi connectivity index (χ1v) is 11.6. The monoisotopic (exact) mass is 415 g/mol. The van der Waals surface area contributed by atoms with Crippen molar-refractivity contribution in [1.29, 1.82) is 0 Å². The predicted molar refractivity (Wildman–Crippen MR) is 126 cm³/mol. The van der Waals surface area contributed by atoms with E-state index in [0.29, 0.717) is 24.9 Å². The number of anilines is 1. The molecule has 1 fully saturated rings. The third kappa shape index (κ3) is 8.02. The van der Waals surface area contributed by atoms with Crippen LogP contribution in [0.15, 0.2) is 30.4 Å². The molecule has 1 aromatic rings. The van der Waals surface area contributed by atoms with Crippen LogP contribution in [-0.4, -0.2) is 39.2 Å². The molecule has 1 unspecified atom stereocenters. The molecule has 1 saturated heterocycles. The maximum atomic E-state index is 12.2. The highest BCUT2D eigenvalue weighted by atomic mass is 16.5. The molecule has 0 spiro atoms. The molecule has 2 rings (SSSR count). The second-order valence-corrected chi connectivity index (χ2v) is 8.60. The Kier molecular flexibility index (Phi) is 10.8. The Hall–Kier alpha value is -2.01. The van der Waals surface area contributed by atoms with Gasteiger partial charge in [-0.05, 0) is 69.2 Å². The summed E-state index contributed by atoms with van der Waals surface area (Å²) >= 11 is 0. The number of carbonyl (C=O) groups is 1. The Bertz CT molecular complexity index is 670. The molecule has 1 aromatic carbocycles. The van der Waals surface area contributed by atoms with Gasteiger partial charge in [-0.2, -0.15) is 0 Å². The molecule has 5 nitrogen and oxygen atoms in total. The van der Waals surface area contributed by atoms with Crippen molar-refractivity contribution in [2.45, 2.75) is 71.4 Å². The SMILES string of the molecule is CNCC1CCCCN1c1ccc(CNC(=O)CCCC/C=C/C(C)C)cc1OC. The fraction of sp³-hybridized carbons (Fsp3) is 0.640. The number of hydrogen-bond acceptors (Lipinski definition) is 4. The van der Waals surface area contributed by atoms with Gasteiger partial charge in [-0.3, -0.25) is 4.79 Å². The Morgan fingerprint density at radius 3 is 2.87 bits per heavy atom. The van der Waals surface area contributed by atoms with E-state index >= 15 is 0 Å². The number of nitrogens with one attached hydrogen (secondary N) is 2. The first-order valence-electron chi connectivity index (χ1n) is 11.6. The summed E-state index contributed by atoms with van der Waals surface area (Å²) in [5.74, 6) is 1.61. The van der Waals surface area contributed by atoms with Crippen molar-refractivity contribution >= 4 is 11.6 Å². The van der Waals surface area contributed by atoms with Crippen LogP contribution in [0.25, 0.3) is 0 Å². The minimum atomic E-state index is 0.121. The third-order valence-electron chi connectivity index (χ3n) is 5.66. The molecule has 1 atom stereocenters. The largest absolute Gasteiger partial charge is 0.495 e. The Labute approximate surface area is 183 Å². The predicted octanol–water partition coefficient (Wildman–Crippen LogP) is 4.66. The lowest BCUT2D eigenvalue weighted by Gasteiger charge is -2.38. The number of ether oxygens (including phenoxy) is 1. The number of piperidine rings is 1. The van der Waals surface area contributed by atoms with Gasteiger partial charge in [0.15, 0.2) is 0 Å². The number of carbonyl (C=O) groups excluding carboxylic acids is 1. The number of hydrogen-bond donors (Lipinski definition) is 2. The van der Waals surface area contributed by atoms with Gasteiger partial charge in [0, 0.05) is 32.1 Å². The highest BCUT2D eigenvalue weighted by Crippen LogP contribution is 2.33. The molecular weight excluding hydrogens is 374 g/mol. The van der Waals surface area contributed by atoms with Crippen LogP contribution < -0.4 is 20.3 Å². The Balaban J connectivity index is 1.85. The van der Waals surface area contributed by atoms with Gasteiger partial charge in [-0.15, -0.1) is 0 Å². The molecule has 0 aliphatic carbocycles. The van der Waals surface area contributed by atoms with Gasteiger partial charge in [-0.1, -0.05) is 32.1 Å². The minimum absolute atomic E-state index is 0.121. The summed E-state index contributed by atoms with van der Waals surface area (Å²) in [4.78, 5) is 14.6. The van der Waals surface area contributed by atoms with Crippen molar-refractivity contribution < 1.29 is 9.53 Å². The number of nitrogens with zero attached hydrogens (tertiary/aromatic N) is 1. The van der Waals surface area contributed by atoms with E-state index in [0.717, 1.165) is 49.4 Å². The molecule has 5 heteroatoms. The summed E-state index contributed by atoms with van der Waals surface area (Å²) in [5, 5.41) is 6.37. The summed E-state index contributed by atoms with van der Waals surface area (Å²) in [7, 11) is 3.74. The molecule has 0 bridgehead atoms. The molecule has 30 heavy (non-hydrogen) atoms. The van der Waals surface area contributed by atoms with Crippen molar-refractivity contribution in [3.63, 3.8) is 0 Å². The number of unbranched alkanes of at least 4 members (excludes halogenated alkanes) is 2. The lowest BCUT2D eigenvalue weighted by atomic mass is 10.0. The highest BCUT2D eigenvalue weighted by Gasteiger charge is 2.24. The first kappa shape index (κ1) is 24.3. The van der Waals surface area contributed by atoms with Crippen molar-refractivity contribution in [2.24, 2.45) is 5.92 Å². The Morgan fingerprint density at radius 2 is 2.13 bits per heavy atom. The minimum Gasteiger partial charge on any atom is -0.495 e. The first-order chi connectivity index (χ1) is 14.5. The Morgan fingerprint density at radius 1 is 1.30 bits per heavy atom. The van der Waals surface area contributed by atoms with Crippen LogP contribution in [0.5, 0.6) is 5.75 Å². The van der Waals surface area contributed by atoms with Crippen molar-refractivity contribution in [2.75, 3.05) is 32.1 Å². The van der Waals surface area contributed by atoms with E-state index in [9.17, 15) is 4.79 Å². The average Bonchev–Trinajstić information content (AvgIpc) is 2.75. The van der Waals surface area contributed by atoms with Crippen molar-refractivity contribution in [3.05, 3.63) is 35.9 Å². The van der Waals surface area contributed by atoms with Gasteiger partial charge < -0.3 is 20.3 Å². The molecule has 2 N–H and O–H groups in total. The summed E-state index contributed by atoms with van der Waals surface area (Å²) in [6.07, 6.45) is 11.8. The molecule has 1 aliphatic heterocycles. The zero-order valence-corrected chi connectivity index (χ0v) is 19.4. The van der Waals surface area contributed by atoms with Gasteiger partial charge in [0.05, 0.1) is 12.8 Å². The van der Waals surface area contributed by atoms with Gasteiger partial charge in [-0.25, -0.2) is 0 Å². The maximum absolute atomic E-state index is 12.2. The second-order valence-electron chi connectivity index (χ2n) is 8.60. The molecule has 168 valence electrons. The fourth-order valence-corrected chi connectivity index (χ4v) is 4.04. The summed E-state index contributed by atoms with van der Waals surface area (Å²) in [6, 6.07) is 6.82. The van der Waals surface area contributed by atoms with E-state index in [4.69, 9.17) is 4.74 Å².